The van der Waals surface area contributed by atoms with Gasteiger partial charge in [0.2, 0.25) is 5.28 Å². The molecular formula is C14H19ClN4S. The second kappa shape index (κ2) is 5.84. The lowest BCUT2D eigenvalue weighted by atomic mass is 10.3. The second-order valence-corrected chi connectivity index (χ2v) is 6.70. The lowest BCUT2D eigenvalue weighted by Crippen LogP contribution is -2.29. The first-order valence-corrected chi connectivity index (χ1v) is 8.26. The highest BCUT2D eigenvalue weighted by Crippen LogP contribution is 2.32. The maximum atomic E-state index is 6.11. The van der Waals surface area contributed by atoms with Crippen LogP contribution in [0.5, 0.6) is 0 Å². The number of fused-ring (bicyclic) bond motifs is 1. The molecule has 1 saturated heterocycles. The molecule has 4 nitrogen and oxygen atoms in total. The molecule has 2 aromatic heterocycles. The van der Waals surface area contributed by atoms with Crippen LogP contribution in [0.1, 0.15) is 18.2 Å². The summed E-state index contributed by atoms with van der Waals surface area (Å²) < 4.78 is 0. The molecule has 0 aliphatic carbocycles. The van der Waals surface area contributed by atoms with E-state index in [2.05, 4.69) is 39.8 Å². The van der Waals surface area contributed by atoms with Gasteiger partial charge in [-0.1, -0.05) is 6.92 Å². The number of nitrogens with zero attached hydrogens (tertiary/aromatic N) is 4. The van der Waals surface area contributed by atoms with Crippen LogP contribution in [0, 0.1) is 0 Å². The number of aryl methyl sites for hydroxylation is 1. The fourth-order valence-corrected chi connectivity index (χ4v) is 3.78. The van der Waals surface area contributed by atoms with Gasteiger partial charge in [-0.25, -0.2) is 4.98 Å². The standard InChI is InChI=1S/C14H19ClN4S/c1-3-10-9-11-12(16-14(15)17-13(11)20-10)19-6-4-5-18(2)7-8-19/h9H,3-8H2,1-2H3. The Hall–Kier alpha value is -0.910. The van der Waals surface area contributed by atoms with E-state index in [1.54, 1.807) is 11.3 Å². The minimum atomic E-state index is 0.356. The molecule has 6 heteroatoms. The number of hydrogen-bond acceptors (Lipinski definition) is 5. The van der Waals surface area contributed by atoms with Crippen LogP contribution in [0.25, 0.3) is 10.2 Å². The fourth-order valence-electron chi connectivity index (χ4n) is 2.60. The Morgan fingerprint density at radius 3 is 2.90 bits per heavy atom. The van der Waals surface area contributed by atoms with Gasteiger partial charge in [-0.3, -0.25) is 0 Å². The van der Waals surface area contributed by atoms with E-state index in [4.69, 9.17) is 11.6 Å². The first kappa shape index (κ1) is 14.0. The van der Waals surface area contributed by atoms with Crippen molar-refractivity contribution in [2.45, 2.75) is 19.8 Å². The molecule has 1 fully saturated rings. The Morgan fingerprint density at radius 2 is 2.10 bits per heavy atom. The molecule has 0 N–H and O–H groups in total. The number of likely N-dealkylation sites (N-methyl/N-ethyl adjacent to an activating group) is 1. The Labute approximate surface area is 128 Å². The van der Waals surface area contributed by atoms with Crippen LogP contribution in [-0.4, -0.2) is 48.1 Å². The number of thiophene rings is 1. The highest BCUT2D eigenvalue weighted by Gasteiger charge is 2.18. The molecule has 2 aromatic rings. The van der Waals surface area contributed by atoms with Crippen molar-refractivity contribution in [2.24, 2.45) is 0 Å². The van der Waals surface area contributed by atoms with Crippen LogP contribution in [0.2, 0.25) is 5.28 Å². The predicted molar refractivity (Wildman–Crippen MR) is 86.1 cm³/mol. The first-order chi connectivity index (χ1) is 9.67. The normalized spacial score (nSPS) is 17.6. The zero-order valence-electron chi connectivity index (χ0n) is 11.9. The van der Waals surface area contributed by atoms with Crippen molar-refractivity contribution in [3.8, 4) is 0 Å². The molecule has 20 heavy (non-hydrogen) atoms. The van der Waals surface area contributed by atoms with Crippen LogP contribution >= 0.6 is 22.9 Å². The molecule has 0 aromatic carbocycles. The summed E-state index contributed by atoms with van der Waals surface area (Å²) in [6, 6.07) is 2.22. The average Bonchev–Trinajstić information content (AvgIpc) is 2.72. The highest BCUT2D eigenvalue weighted by atomic mass is 35.5. The zero-order chi connectivity index (χ0) is 14.1. The Balaban J connectivity index is 2.02. The summed E-state index contributed by atoms with van der Waals surface area (Å²) in [6.07, 6.45) is 2.19. The van der Waals surface area contributed by atoms with E-state index in [-0.39, 0.29) is 0 Å². The first-order valence-electron chi connectivity index (χ1n) is 7.07. The predicted octanol–water partition coefficient (Wildman–Crippen LogP) is 3.05. The summed E-state index contributed by atoms with van der Waals surface area (Å²) >= 11 is 7.84. The molecular weight excluding hydrogens is 292 g/mol. The monoisotopic (exact) mass is 310 g/mol. The third-order valence-electron chi connectivity index (χ3n) is 3.76. The van der Waals surface area contributed by atoms with Crippen LogP contribution in [0.3, 0.4) is 0 Å². The summed E-state index contributed by atoms with van der Waals surface area (Å²) in [4.78, 5) is 15.9. The van der Waals surface area contributed by atoms with Crippen LogP contribution < -0.4 is 4.90 Å². The van der Waals surface area contributed by atoms with Crippen molar-refractivity contribution in [1.82, 2.24) is 14.9 Å². The molecule has 0 spiro atoms. The van der Waals surface area contributed by atoms with Gasteiger partial charge in [0.25, 0.3) is 0 Å². The molecule has 3 rings (SSSR count). The molecule has 0 radical (unpaired) electrons. The van der Waals surface area contributed by atoms with Gasteiger partial charge in [0.15, 0.2) is 0 Å². The van der Waals surface area contributed by atoms with E-state index in [0.29, 0.717) is 5.28 Å². The van der Waals surface area contributed by atoms with Gasteiger partial charge in [-0.2, -0.15) is 4.98 Å². The van der Waals surface area contributed by atoms with E-state index in [1.165, 1.54) is 4.88 Å². The maximum Gasteiger partial charge on any atom is 0.225 e. The van der Waals surface area contributed by atoms with Gasteiger partial charge < -0.3 is 9.80 Å². The summed E-state index contributed by atoms with van der Waals surface area (Å²) in [7, 11) is 2.17. The lowest BCUT2D eigenvalue weighted by Gasteiger charge is -2.22. The Bertz CT molecular complexity index is 612. The van der Waals surface area contributed by atoms with Crippen molar-refractivity contribution < 1.29 is 0 Å². The summed E-state index contributed by atoms with van der Waals surface area (Å²) in [5.74, 6) is 1.01. The number of aromatic nitrogens is 2. The summed E-state index contributed by atoms with van der Waals surface area (Å²) in [5, 5.41) is 1.51. The van der Waals surface area contributed by atoms with E-state index in [0.717, 1.165) is 55.1 Å². The topological polar surface area (TPSA) is 32.3 Å². The van der Waals surface area contributed by atoms with Crippen molar-refractivity contribution in [3.05, 3.63) is 16.2 Å². The lowest BCUT2D eigenvalue weighted by molar-refractivity contribution is 0.360. The SMILES string of the molecule is CCc1cc2c(N3CCCN(C)CC3)nc(Cl)nc2s1. The molecule has 0 saturated carbocycles. The van der Waals surface area contributed by atoms with Crippen LogP contribution in [-0.2, 0) is 6.42 Å². The van der Waals surface area contributed by atoms with Crippen molar-refractivity contribution in [3.63, 3.8) is 0 Å². The minimum absolute atomic E-state index is 0.356. The minimum Gasteiger partial charge on any atom is -0.355 e. The average molecular weight is 311 g/mol. The smallest absolute Gasteiger partial charge is 0.225 e. The molecule has 0 atom stereocenters. The Morgan fingerprint density at radius 1 is 1.25 bits per heavy atom. The fraction of sp³-hybridized carbons (Fsp3) is 0.571. The largest absolute Gasteiger partial charge is 0.355 e. The maximum absolute atomic E-state index is 6.11. The van der Waals surface area contributed by atoms with Gasteiger partial charge in [0, 0.05) is 24.5 Å². The molecule has 3 heterocycles. The summed E-state index contributed by atoms with van der Waals surface area (Å²) in [6.45, 7) is 6.40. The number of rotatable bonds is 2. The van der Waals surface area contributed by atoms with E-state index in [9.17, 15) is 0 Å². The van der Waals surface area contributed by atoms with Crippen molar-refractivity contribution in [1.29, 1.82) is 0 Å². The van der Waals surface area contributed by atoms with Crippen LogP contribution in [0.15, 0.2) is 6.07 Å². The van der Waals surface area contributed by atoms with Gasteiger partial charge in [-0.15, -0.1) is 11.3 Å². The van der Waals surface area contributed by atoms with Gasteiger partial charge >= 0.3 is 0 Å². The molecule has 0 amide bonds. The van der Waals surface area contributed by atoms with Crippen molar-refractivity contribution >= 4 is 39.0 Å². The third kappa shape index (κ3) is 2.75. The van der Waals surface area contributed by atoms with Gasteiger partial charge in [0.1, 0.15) is 10.6 Å². The molecule has 1 aliphatic rings. The van der Waals surface area contributed by atoms with Crippen LogP contribution in [0.4, 0.5) is 5.82 Å². The highest BCUT2D eigenvalue weighted by molar-refractivity contribution is 7.18. The van der Waals surface area contributed by atoms with Gasteiger partial charge in [0.05, 0.1) is 5.39 Å². The van der Waals surface area contributed by atoms with E-state index in [1.807, 2.05) is 0 Å². The zero-order valence-corrected chi connectivity index (χ0v) is 13.5. The van der Waals surface area contributed by atoms with Gasteiger partial charge in [-0.05, 0) is 44.1 Å². The number of anilines is 1. The number of halogens is 1. The quantitative estimate of drug-likeness (QED) is 0.798. The van der Waals surface area contributed by atoms with Crippen molar-refractivity contribution in [2.75, 3.05) is 38.1 Å². The number of hydrogen-bond donors (Lipinski definition) is 0. The molecule has 1 aliphatic heterocycles. The Kier molecular flexibility index (Phi) is 4.10. The third-order valence-corrected chi connectivity index (χ3v) is 5.11. The molecule has 0 bridgehead atoms. The summed E-state index contributed by atoms with van der Waals surface area (Å²) in [5.41, 5.74) is 0. The van der Waals surface area contributed by atoms with E-state index < -0.39 is 0 Å². The molecule has 108 valence electrons. The van der Waals surface area contributed by atoms with E-state index >= 15 is 0 Å². The molecule has 0 unspecified atom stereocenters. The second-order valence-electron chi connectivity index (χ2n) is 5.25.